The van der Waals surface area contributed by atoms with E-state index in [4.69, 9.17) is 10.2 Å². The number of carbonyl (C=O) groups is 2. The molecule has 0 aliphatic heterocycles. The fourth-order valence-electron chi connectivity index (χ4n) is 3.85. The van der Waals surface area contributed by atoms with E-state index >= 15 is 0 Å². The summed E-state index contributed by atoms with van der Waals surface area (Å²) in [4.78, 5) is 21.1. The largest absolute Gasteiger partial charge is 0.478 e. The average molecular weight is 531 g/mol. The smallest absolute Gasteiger partial charge is 0.335 e. The van der Waals surface area contributed by atoms with Crippen molar-refractivity contribution in [3.05, 3.63) is 70.8 Å². The van der Waals surface area contributed by atoms with E-state index < -0.39 is 24.1 Å². The van der Waals surface area contributed by atoms with Crippen molar-refractivity contribution >= 4 is 11.9 Å². The molecular weight excluding hydrogens is 480 g/mol. The van der Waals surface area contributed by atoms with Gasteiger partial charge in [0.2, 0.25) is 0 Å². The Morgan fingerprint density at radius 2 is 0.868 bits per heavy atom. The minimum absolute atomic E-state index is 0.0804. The van der Waals surface area contributed by atoms with Crippen LogP contribution in [0.1, 0.15) is 120 Å². The number of carboxylic acid groups (broad SMARTS) is 2. The van der Waals surface area contributed by atoms with Gasteiger partial charge in [-0.15, -0.1) is 0 Å². The normalized spacial score (nSPS) is 14.5. The summed E-state index contributed by atoms with van der Waals surface area (Å²) in [6.07, 6.45) is 1.45. The third-order valence-electron chi connectivity index (χ3n) is 7.05. The molecule has 2 atom stereocenters. The van der Waals surface area contributed by atoms with Gasteiger partial charge < -0.3 is 20.4 Å². The van der Waals surface area contributed by atoms with Crippen molar-refractivity contribution in [2.45, 2.75) is 112 Å². The molecule has 2 rings (SSSR count). The molecule has 2 unspecified atom stereocenters. The molecule has 6 nitrogen and oxygen atoms in total. The number of carboxylic acids is 2. The molecule has 0 aliphatic rings. The van der Waals surface area contributed by atoms with Crippen LogP contribution >= 0.6 is 0 Å². The van der Waals surface area contributed by atoms with E-state index in [1.54, 1.807) is 24.3 Å². The molecule has 0 saturated heterocycles. The minimum atomic E-state index is -0.875. The van der Waals surface area contributed by atoms with Gasteiger partial charge in [-0.3, -0.25) is 0 Å². The molecule has 214 valence electrons. The summed E-state index contributed by atoms with van der Waals surface area (Å²) in [6.45, 7) is 20.5. The van der Waals surface area contributed by atoms with E-state index in [9.17, 15) is 19.8 Å². The van der Waals surface area contributed by atoms with Gasteiger partial charge >= 0.3 is 11.9 Å². The summed E-state index contributed by atoms with van der Waals surface area (Å²) < 4.78 is 0. The summed E-state index contributed by atoms with van der Waals surface area (Å²) in [5.74, 6) is -1.75. The van der Waals surface area contributed by atoms with Crippen LogP contribution in [0.15, 0.2) is 48.5 Å². The molecule has 0 saturated carbocycles. The zero-order valence-corrected chi connectivity index (χ0v) is 25.0. The number of benzene rings is 2. The molecule has 0 heterocycles. The molecule has 0 radical (unpaired) electrons. The van der Waals surface area contributed by atoms with E-state index in [1.165, 1.54) is 0 Å². The van der Waals surface area contributed by atoms with Gasteiger partial charge in [0, 0.05) is 5.41 Å². The molecule has 0 amide bonds. The van der Waals surface area contributed by atoms with Crippen molar-refractivity contribution in [1.29, 1.82) is 0 Å². The van der Waals surface area contributed by atoms with E-state index in [2.05, 4.69) is 41.5 Å². The minimum Gasteiger partial charge on any atom is -0.478 e. The van der Waals surface area contributed by atoms with Gasteiger partial charge in [0.15, 0.2) is 0 Å². The van der Waals surface area contributed by atoms with E-state index in [-0.39, 0.29) is 16.2 Å². The summed E-state index contributed by atoms with van der Waals surface area (Å²) in [5, 5.41) is 36.8. The third-order valence-corrected chi connectivity index (χ3v) is 7.05. The molecular formula is C32H50O6. The lowest BCUT2D eigenvalue weighted by molar-refractivity contribution is -0.0639. The summed E-state index contributed by atoms with van der Waals surface area (Å²) >= 11 is 0. The first-order chi connectivity index (χ1) is 17.3. The Kier molecular flexibility index (Phi) is 14.0. The lowest BCUT2D eigenvalue weighted by Gasteiger charge is -2.37. The van der Waals surface area contributed by atoms with Crippen LogP contribution in [-0.2, 0) is 10.8 Å². The van der Waals surface area contributed by atoms with Crippen molar-refractivity contribution in [2.24, 2.45) is 5.41 Å². The topological polar surface area (TPSA) is 115 Å². The summed E-state index contributed by atoms with van der Waals surface area (Å²) in [6, 6.07) is 14.0. The van der Waals surface area contributed by atoms with Crippen LogP contribution in [0.4, 0.5) is 0 Å². The second kappa shape index (κ2) is 15.0. The number of rotatable bonds is 7. The maximum Gasteiger partial charge on any atom is 0.335 e. The van der Waals surface area contributed by atoms with Crippen LogP contribution in [0.5, 0.6) is 0 Å². The zero-order chi connectivity index (χ0) is 29.9. The standard InChI is InChI=1S/2C11H14O2.C10H22O2/c2*1-11(2,3)9-6-4-8(5-7-9)10(12)13;1-5-8(11)10(4,7-3)9(12)6-2/h2*4-7H,1-3H3,(H,12,13);8-9,11-12H,5-7H2,1-4H3. The van der Waals surface area contributed by atoms with E-state index in [0.717, 1.165) is 17.5 Å². The summed E-state index contributed by atoms with van der Waals surface area (Å²) in [7, 11) is 0. The Morgan fingerprint density at radius 1 is 0.605 bits per heavy atom. The van der Waals surface area contributed by atoms with Gasteiger partial charge in [-0.25, -0.2) is 9.59 Å². The first-order valence-electron chi connectivity index (χ1n) is 13.4. The molecule has 0 aliphatic carbocycles. The molecule has 0 fully saturated rings. The highest BCUT2D eigenvalue weighted by Crippen LogP contribution is 2.33. The predicted molar refractivity (Wildman–Crippen MR) is 155 cm³/mol. The predicted octanol–water partition coefficient (Wildman–Crippen LogP) is 7.31. The number of aliphatic hydroxyl groups is 2. The van der Waals surface area contributed by atoms with Gasteiger partial charge in [-0.2, -0.15) is 0 Å². The van der Waals surface area contributed by atoms with Crippen molar-refractivity contribution in [3.8, 4) is 0 Å². The van der Waals surface area contributed by atoms with Crippen LogP contribution in [0.3, 0.4) is 0 Å². The van der Waals surface area contributed by atoms with Crippen molar-refractivity contribution in [1.82, 2.24) is 0 Å². The van der Waals surface area contributed by atoms with Crippen molar-refractivity contribution < 1.29 is 30.0 Å². The molecule has 4 N–H and O–H groups in total. The Hall–Kier alpha value is -2.70. The number of hydrogen-bond donors (Lipinski definition) is 4. The number of aliphatic hydroxyl groups excluding tert-OH is 2. The van der Waals surface area contributed by atoms with E-state index in [1.807, 2.05) is 52.0 Å². The lowest BCUT2D eigenvalue weighted by atomic mass is 9.74. The molecule has 0 aromatic heterocycles. The van der Waals surface area contributed by atoms with Crippen LogP contribution < -0.4 is 0 Å². The first-order valence-corrected chi connectivity index (χ1v) is 13.4. The van der Waals surface area contributed by atoms with Crippen molar-refractivity contribution in [3.63, 3.8) is 0 Å². The van der Waals surface area contributed by atoms with Crippen LogP contribution in [-0.4, -0.2) is 44.6 Å². The third kappa shape index (κ3) is 11.0. The zero-order valence-electron chi connectivity index (χ0n) is 25.0. The Balaban J connectivity index is 0.000000541. The molecule has 6 heteroatoms. The van der Waals surface area contributed by atoms with Gasteiger partial charge in [0.25, 0.3) is 0 Å². The van der Waals surface area contributed by atoms with Crippen LogP contribution in [0.2, 0.25) is 0 Å². The fourth-order valence-corrected chi connectivity index (χ4v) is 3.85. The molecule has 0 bridgehead atoms. The van der Waals surface area contributed by atoms with Gasteiger partial charge in [-0.1, -0.05) is 93.5 Å². The van der Waals surface area contributed by atoms with Crippen LogP contribution in [0, 0.1) is 5.41 Å². The second-order valence-electron chi connectivity index (χ2n) is 12.0. The maximum atomic E-state index is 10.6. The first kappa shape index (κ1) is 35.3. The van der Waals surface area contributed by atoms with Gasteiger partial charge in [0.1, 0.15) is 0 Å². The SMILES string of the molecule is CC(C)(C)c1ccc(C(=O)O)cc1.CC(C)(C)c1ccc(C(=O)O)cc1.CCC(O)C(C)(CC)C(O)CC. The fraction of sp³-hybridized carbons (Fsp3) is 0.562. The highest BCUT2D eigenvalue weighted by Gasteiger charge is 2.36. The summed E-state index contributed by atoms with van der Waals surface area (Å²) in [5.41, 5.74) is 2.81. The Labute approximate surface area is 229 Å². The van der Waals surface area contributed by atoms with Gasteiger partial charge in [-0.05, 0) is 65.5 Å². The maximum absolute atomic E-state index is 10.6. The highest BCUT2D eigenvalue weighted by atomic mass is 16.4. The van der Waals surface area contributed by atoms with E-state index in [0.29, 0.717) is 24.0 Å². The number of hydrogen-bond acceptors (Lipinski definition) is 4. The monoisotopic (exact) mass is 530 g/mol. The van der Waals surface area contributed by atoms with Crippen LogP contribution in [0.25, 0.3) is 0 Å². The quantitative estimate of drug-likeness (QED) is 0.298. The van der Waals surface area contributed by atoms with Gasteiger partial charge in [0.05, 0.1) is 23.3 Å². The lowest BCUT2D eigenvalue weighted by Crippen LogP contribution is -2.41. The molecule has 0 spiro atoms. The highest BCUT2D eigenvalue weighted by molar-refractivity contribution is 5.88. The molecule has 2 aromatic rings. The molecule has 38 heavy (non-hydrogen) atoms. The van der Waals surface area contributed by atoms with Crippen molar-refractivity contribution in [2.75, 3.05) is 0 Å². The Morgan fingerprint density at radius 3 is 1.03 bits per heavy atom. The Bertz CT molecular complexity index is 901. The number of aromatic carboxylic acids is 2. The average Bonchev–Trinajstić information content (AvgIpc) is 2.87. The second-order valence-corrected chi connectivity index (χ2v) is 12.0. The molecule has 2 aromatic carbocycles.